The molecule has 2 aromatic rings. The highest BCUT2D eigenvalue weighted by Gasteiger charge is 2.31. The molecule has 0 atom stereocenters. The van der Waals surface area contributed by atoms with Gasteiger partial charge in [-0.3, -0.25) is 0 Å². The fraction of sp³-hybridized carbons (Fsp3) is 0.471. The van der Waals surface area contributed by atoms with Crippen molar-refractivity contribution in [2.24, 2.45) is 0 Å². The first-order chi connectivity index (χ1) is 10.2. The topological polar surface area (TPSA) is 35.3 Å². The third-order valence-electron chi connectivity index (χ3n) is 2.88. The Morgan fingerprint density at radius 3 is 2.32 bits per heavy atom. The molecule has 118 valence electrons. The van der Waals surface area contributed by atoms with Crippen molar-refractivity contribution >= 4 is 21.5 Å². The minimum absolute atomic E-state index is 0.146. The summed E-state index contributed by atoms with van der Waals surface area (Å²) in [6.07, 6.45) is 0. The monoisotopic (exact) mass is 333 g/mol. The average molecular weight is 334 g/mol. The lowest BCUT2D eigenvalue weighted by Crippen LogP contribution is -2.27. The molecule has 0 saturated carbocycles. The van der Waals surface area contributed by atoms with Gasteiger partial charge in [0.05, 0.1) is 5.69 Å². The van der Waals surface area contributed by atoms with Crippen LogP contribution in [0.15, 0.2) is 44.9 Å². The van der Waals surface area contributed by atoms with Gasteiger partial charge in [-0.1, -0.05) is 39.0 Å². The van der Waals surface area contributed by atoms with Gasteiger partial charge in [0.2, 0.25) is 9.76 Å². The Balaban J connectivity index is 2.15. The maximum Gasteiger partial charge on any atom is 0.261 e. The zero-order valence-electron chi connectivity index (χ0n) is 14.1. The van der Waals surface area contributed by atoms with Gasteiger partial charge in [-0.05, 0) is 49.7 Å². The summed E-state index contributed by atoms with van der Waals surface area (Å²) in [4.78, 5) is 5.65. The Hall–Kier alpha value is -1.04. The first kappa shape index (κ1) is 17.3. The van der Waals surface area contributed by atoms with Crippen molar-refractivity contribution in [3.8, 4) is 0 Å². The van der Waals surface area contributed by atoms with Crippen LogP contribution in [-0.4, -0.2) is 14.7 Å². The lowest BCUT2D eigenvalue weighted by molar-refractivity contribution is 0.0775. The number of rotatable bonds is 5. The van der Waals surface area contributed by atoms with Crippen LogP contribution in [0, 0.1) is 6.92 Å². The van der Waals surface area contributed by atoms with Crippen LogP contribution >= 0.6 is 11.8 Å². The van der Waals surface area contributed by atoms with Crippen molar-refractivity contribution in [1.82, 2.24) is 4.98 Å². The molecule has 1 aromatic carbocycles. The summed E-state index contributed by atoms with van der Waals surface area (Å²) in [6, 6.07) is 10.1. The van der Waals surface area contributed by atoms with E-state index in [1.54, 1.807) is 0 Å². The van der Waals surface area contributed by atoms with Crippen LogP contribution in [-0.2, 0) is 10.0 Å². The Morgan fingerprint density at radius 1 is 1.09 bits per heavy atom. The molecule has 2 radical (unpaired) electrons. The smallest absolute Gasteiger partial charge is 0.261 e. The molecule has 2 rings (SSSR count). The summed E-state index contributed by atoms with van der Waals surface area (Å²) in [7, 11) is 0.403. The molecule has 5 heteroatoms. The lowest BCUT2D eigenvalue weighted by Gasteiger charge is -2.27. The molecule has 1 heterocycles. The van der Waals surface area contributed by atoms with E-state index in [-0.39, 0.29) is 5.04 Å². The largest absolute Gasteiger partial charge is 0.433 e. The molecule has 0 aliphatic rings. The second kappa shape index (κ2) is 6.60. The van der Waals surface area contributed by atoms with Crippen molar-refractivity contribution in [3.05, 3.63) is 41.8 Å². The Kier molecular flexibility index (Phi) is 5.20. The van der Waals surface area contributed by atoms with Crippen LogP contribution in [0.5, 0.6) is 0 Å². The summed E-state index contributed by atoms with van der Waals surface area (Å²) < 4.78 is 12.1. The van der Waals surface area contributed by atoms with E-state index < -0.39 is 5.60 Å². The number of oxazole rings is 1. The number of hydrogen-bond donors (Lipinski definition) is 0. The van der Waals surface area contributed by atoms with E-state index in [4.69, 9.17) is 8.84 Å². The standard InChI is InChI=1S/C17H23NO2SSi/c1-12-14(17(5,6)20-22-16(2,3)4)19-15(18-12)21-13-10-8-7-9-11-13/h7-11H,1-6H3. The summed E-state index contributed by atoms with van der Waals surface area (Å²) in [5.41, 5.74) is 0.417. The molecule has 0 fully saturated rings. The van der Waals surface area contributed by atoms with Gasteiger partial charge in [-0.25, -0.2) is 4.98 Å². The van der Waals surface area contributed by atoms with Crippen LogP contribution in [0.3, 0.4) is 0 Å². The van der Waals surface area contributed by atoms with Gasteiger partial charge in [0.1, 0.15) is 5.60 Å². The normalized spacial score (nSPS) is 12.6. The molecule has 0 amide bonds. The molecule has 0 spiro atoms. The Labute approximate surface area is 139 Å². The maximum absolute atomic E-state index is 6.11. The fourth-order valence-corrected chi connectivity index (χ4v) is 3.35. The number of aryl methyl sites for hydroxylation is 1. The number of aromatic nitrogens is 1. The van der Waals surface area contributed by atoms with E-state index in [1.807, 2.05) is 51.1 Å². The third kappa shape index (κ3) is 4.73. The highest BCUT2D eigenvalue weighted by atomic mass is 32.2. The van der Waals surface area contributed by atoms with Crippen LogP contribution in [0.25, 0.3) is 0 Å². The average Bonchev–Trinajstić information content (AvgIpc) is 2.79. The van der Waals surface area contributed by atoms with E-state index in [0.29, 0.717) is 15.0 Å². The second-order valence-electron chi connectivity index (χ2n) is 6.77. The van der Waals surface area contributed by atoms with E-state index in [0.717, 1.165) is 16.3 Å². The highest BCUT2D eigenvalue weighted by Crippen LogP contribution is 2.35. The Morgan fingerprint density at radius 2 is 1.73 bits per heavy atom. The van der Waals surface area contributed by atoms with E-state index in [1.165, 1.54) is 11.8 Å². The minimum atomic E-state index is -0.474. The van der Waals surface area contributed by atoms with Crippen LogP contribution in [0.4, 0.5) is 0 Å². The lowest BCUT2D eigenvalue weighted by atomic mass is 10.1. The first-order valence-corrected chi connectivity index (χ1v) is 9.06. The van der Waals surface area contributed by atoms with Gasteiger partial charge < -0.3 is 8.84 Å². The summed E-state index contributed by atoms with van der Waals surface area (Å²) >= 11 is 1.53. The van der Waals surface area contributed by atoms with E-state index in [9.17, 15) is 0 Å². The van der Waals surface area contributed by atoms with Gasteiger partial charge in [-0.2, -0.15) is 0 Å². The molecular weight excluding hydrogens is 310 g/mol. The Bertz CT molecular complexity index is 617. The molecule has 0 bridgehead atoms. The van der Waals surface area contributed by atoms with Gasteiger partial charge >= 0.3 is 0 Å². The zero-order chi connectivity index (χ0) is 16.4. The molecule has 0 aliphatic heterocycles. The maximum atomic E-state index is 6.11. The van der Waals surface area contributed by atoms with Crippen molar-refractivity contribution in [2.75, 3.05) is 0 Å². The van der Waals surface area contributed by atoms with Gasteiger partial charge in [0.25, 0.3) is 5.22 Å². The van der Waals surface area contributed by atoms with Crippen LogP contribution in [0.2, 0.25) is 5.04 Å². The van der Waals surface area contributed by atoms with Gasteiger partial charge in [0, 0.05) is 4.90 Å². The second-order valence-corrected chi connectivity index (χ2v) is 9.71. The van der Waals surface area contributed by atoms with Crippen molar-refractivity contribution in [3.63, 3.8) is 0 Å². The van der Waals surface area contributed by atoms with Gasteiger partial charge in [0.15, 0.2) is 5.76 Å². The van der Waals surface area contributed by atoms with Crippen LogP contribution < -0.4 is 0 Å². The van der Waals surface area contributed by atoms with Gasteiger partial charge in [-0.15, -0.1) is 0 Å². The SMILES string of the molecule is Cc1nc(Sc2ccccc2)oc1C(C)(C)O[Si]C(C)(C)C. The third-order valence-corrected chi connectivity index (χ3v) is 4.97. The first-order valence-electron chi connectivity index (χ1n) is 7.33. The molecule has 0 saturated heterocycles. The van der Waals surface area contributed by atoms with Crippen molar-refractivity contribution < 1.29 is 8.84 Å². The molecular formula is C17H23NO2SSi. The van der Waals surface area contributed by atoms with Crippen molar-refractivity contribution in [1.29, 1.82) is 0 Å². The number of benzene rings is 1. The predicted octanol–water partition coefficient (Wildman–Crippen LogP) is 5.22. The number of nitrogens with zero attached hydrogens (tertiary/aromatic N) is 1. The molecule has 3 nitrogen and oxygen atoms in total. The molecule has 0 N–H and O–H groups in total. The molecule has 0 unspecified atom stereocenters. The predicted molar refractivity (Wildman–Crippen MR) is 91.4 cm³/mol. The quantitative estimate of drug-likeness (QED) is 0.702. The molecule has 1 aromatic heterocycles. The fourth-order valence-electron chi connectivity index (χ4n) is 1.89. The number of hydrogen-bond acceptors (Lipinski definition) is 4. The van der Waals surface area contributed by atoms with E-state index in [2.05, 4.69) is 25.8 Å². The molecule has 0 aliphatic carbocycles. The summed E-state index contributed by atoms with van der Waals surface area (Å²) in [5, 5.41) is 0.807. The summed E-state index contributed by atoms with van der Waals surface area (Å²) in [6.45, 7) is 12.6. The zero-order valence-corrected chi connectivity index (χ0v) is 15.9. The van der Waals surface area contributed by atoms with E-state index >= 15 is 0 Å². The highest BCUT2D eigenvalue weighted by molar-refractivity contribution is 7.99. The summed E-state index contributed by atoms with van der Waals surface area (Å²) in [5.74, 6) is 0.808. The molecule has 22 heavy (non-hydrogen) atoms. The van der Waals surface area contributed by atoms with Crippen LogP contribution in [0.1, 0.15) is 46.1 Å². The minimum Gasteiger partial charge on any atom is -0.433 e. The van der Waals surface area contributed by atoms with Crippen molar-refractivity contribution in [2.45, 2.75) is 62.3 Å².